The molecule has 0 atom stereocenters. The average molecular weight is 315 g/mol. The Kier molecular flexibility index (Phi) is 5.38. The normalized spacial score (nSPS) is 14.8. The predicted octanol–water partition coefficient (Wildman–Crippen LogP) is 3.31. The topological polar surface area (TPSA) is 44.2 Å². The number of hydrogen-bond acceptors (Lipinski definition) is 4. The Balaban J connectivity index is 1.74. The van der Waals surface area contributed by atoms with Gasteiger partial charge in [-0.1, -0.05) is 13.3 Å². The monoisotopic (exact) mass is 314 g/mol. The second-order valence-corrected chi connectivity index (χ2v) is 5.29. The molecule has 2 rings (SSSR count). The Bertz CT molecular complexity index is 383. The molecule has 0 aromatic carbocycles. The van der Waals surface area contributed by atoms with Gasteiger partial charge in [0.05, 0.1) is 6.61 Å². The molecule has 0 bridgehead atoms. The maximum absolute atomic E-state index is 5.58. The largest absolute Gasteiger partial charge is 0.475 e. The van der Waals surface area contributed by atoms with Gasteiger partial charge in [0.2, 0.25) is 5.88 Å². The SMILES string of the molecule is CCCCOCCOc1cc(Br)nc(C2CC2)n1. The molecule has 4 nitrogen and oxygen atoms in total. The summed E-state index contributed by atoms with van der Waals surface area (Å²) in [4.78, 5) is 8.77. The predicted molar refractivity (Wildman–Crippen MR) is 72.9 cm³/mol. The van der Waals surface area contributed by atoms with Crippen molar-refractivity contribution in [2.24, 2.45) is 0 Å². The van der Waals surface area contributed by atoms with Gasteiger partial charge in [0.1, 0.15) is 17.0 Å². The Morgan fingerprint density at radius 2 is 2.11 bits per heavy atom. The minimum atomic E-state index is 0.533. The number of rotatable bonds is 8. The number of aromatic nitrogens is 2. The van der Waals surface area contributed by atoms with Crippen LogP contribution in [0.3, 0.4) is 0 Å². The maximum atomic E-state index is 5.58. The Morgan fingerprint density at radius 3 is 2.83 bits per heavy atom. The van der Waals surface area contributed by atoms with Crippen LogP contribution in [0.5, 0.6) is 5.88 Å². The van der Waals surface area contributed by atoms with Crippen molar-refractivity contribution < 1.29 is 9.47 Å². The van der Waals surface area contributed by atoms with E-state index in [1.807, 2.05) is 0 Å². The second-order valence-electron chi connectivity index (χ2n) is 4.48. The fourth-order valence-corrected chi connectivity index (χ4v) is 1.94. The fraction of sp³-hybridized carbons (Fsp3) is 0.692. The molecule has 0 N–H and O–H groups in total. The van der Waals surface area contributed by atoms with Crippen molar-refractivity contribution >= 4 is 15.9 Å². The highest BCUT2D eigenvalue weighted by Crippen LogP contribution is 2.38. The van der Waals surface area contributed by atoms with Crippen LogP contribution in [0.4, 0.5) is 0 Å². The number of halogens is 1. The molecule has 1 aromatic rings. The lowest BCUT2D eigenvalue weighted by molar-refractivity contribution is 0.0963. The van der Waals surface area contributed by atoms with Gasteiger partial charge in [-0.05, 0) is 35.2 Å². The zero-order valence-electron chi connectivity index (χ0n) is 10.7. The molecular formula is C13H19BrN2O2. The highest BCUT2D eigenvalue weighted by atomic mass is 79.9. The van der Waals surface area contributed by atoms with E-state index in [0.29, 0.717) is 25.0 Å². The summed E-state index contributed by atoms with van der Waals surface area (Å²) >= 11 is 3.39. The molecule has 0 spiro atoms. The number of ether oxygens (including phenoxy) is 2. The summed E-state index contributed by atoms with van der Waals surface area (Å²) in [6.07, 6.45) is 4.64. The van der Waals surface area contributed by atoms with Crippen LogP contribution in [0.25, 0.3) is 0 Å². The minimum Gasteiger partial charge on any atom is -0.475 e. The third kappa shape index (κ3) is 4.53. The quantitative estimate of drug-likeness (QED) is 0.545. The lowest BCUT2D eigenvalue weighted by Gasteiger charge is -2.07. The Labute approximate surface area is 116 Å². The Morgan fingerprint density at radius 1 is 1.28 bits per heavy atom. The van der Waals surface area contributed by atoms with E-state index in [9.17, 15) is 0 Å². The molecule has 0 unspecified atom stereocenters. The van der Waals surface area contributed by atoms with Gasteiger partial charge in [0.25, 0.3) is 0 Å². The number of unbranched alkanes of at least 4 members (excludes halogenated alkanes) is 1. The van der Waals surface area contributed by atoms with Gasteiger partial charge in [-0.15, -0.1) is 0 Å². The van der Waals surface area contributed by atoms with Crippen LogP contribution < -0.4 is 4.74 Å². The Hall–Kier alpha value is -0.680. The molecule has 0 radical (unpaired) electrons. The first-order valence-corrected chi connectivity index (χ1v) is 7.34. The summed E-state index contributed by atoms with van der Waals surface area (Å²) in [6.45, 7) is 4.11. The lowest BCUT2D eigenvalue weighted by atomic mass is 10.4. The number of nitrogens with zero attached hydrogens (tertiary/aromatic N) is 2. The van der Waals surface area contributed by atoms with E-state index in [4.69, 9.17) is 9.47 Å². The molecule has 5 heteroatoms. The lowest BCUT2D eigenvalue weighted by Crippen LogP contribution is -2.09. The summed E-state index contributed by atoms with van der Waals surface area (Å²) in [6, 6.07) is 1.80. The maximum Gasteiger partial charge on any atom is 0.217 e. The van der Waals surface area contributed by atoms with Gasteiger partial charge in [0.15, 0.2) is 0 Å². The summed E-state index contributed by atoms with van der Waals surface area (Å²) in [5.41, 5.74) is 0. The van der Waals surface area contributed by atoms with Crippen LogP contribution in [0.1, 0.15) is 44.3 Å². The molecule has 1 fully saturated rings. The molecule has 0 saturated heterocycles. The molecule has 0 amide bonds. The van der Waals surface area contributed by atoms with E-state index in [0.717, 1.165) is 29.9 Å². The van der Waals surface area contributed by atoms with Crippen LogP contribution in [0.2, 0.25) is 0 Å². The van der Waals surface area contributed by atoms with Crippen LogP contribution in [0, 0.1) is 0 Å². The fourth-order valence-electron chi connectivity index (χ4n) is 1.57. The summed E-state index contributed by atoms with van der Waals surface area (Å²) in [5.74, 6) is 2.06. The van der Waals surface area contributed by atoms with E-state index in [1.165, 1.54) is 12.8 Å². The van der Waals surface area contributed by atoms with Gasteiger partial charge >= 0.3 is 0 Å². The third-order valence-corrected chi connectivity index (χ3v) is 3.16. The first-order valence-electron chi connectivity index (χ1n) is 6.54. The zero-order chi connectivity index (χ0) is 12.8. The van der Waals surface area contributed by atoms with Crippen molar-refractivity contribution in [2.45, 2.75) is 38.5 Å². The van der Waals surface area contributed by atoms with Gasteiger partial charge < -0.3 is 9.47 Å². The molecule has 1 heterocycles. The molecule has 0 aliphatic heterocycles. The van der Waals surface area contributed by atoms with Gasteiger partial charge in [-0.25, -0.2) is 4.98 Å². The van der Waals surface area contributed by atoms with Crippen molar-refractivity contribution in [2.75, 3.05) is 19.8 Å². The summed E-state index contributed by atoms with van der Waals surface area (Å²) in [5, 5.41) is 0. The van der Waals surface area contributed by atoms with Crippen molar-refractivity contribution in [3.63, 3.8) is 0 Å². The summed E-state index contributed by atoms with van der Waals surface area (Å²) < 4.78 is 11.8. The molecule has 1 aliphatic rings. The highest BCUT2D eigenvalue weighted by Gasteiger charge is 2.27. The molecule has 100 valence electrons. The van der Waals surface area contributed by atoms with Crippen LogP contribution in [0.15, 0.2) is 10.7 Å². The van der Waals surface area contributed by atoms with Crippen molar-refractivity contribution in [1.82, 2.24) is 9.97 Å². The van der Waals surface area contributed by atoms with E-state index in [-0.39, 0.29) is 0 Å². The van der Waals surface area contributed by atoms with Crippen molar-refractivity contribution in [3.8, 4) is 5.88 Å². The van der Waals surface area contributed by atoms with E-state index in [2.05, 4.69) is 32.8 Å². The van der Waals surface area contributed by atoms with Crippen LogP contribution in [-0.4, -0.2) is 29.8 Å². The smallest absolute Gasteiger partial charge is 0.217 e. The van der Waals surface area contributed by atoms with E-state index in [1.54, 1.807) is 6.07 Å². The van der Waals surface area contributed by atoms with Crippen LogP contribution >= 0.6 is 15.9 Å². The molecule has 18 heavy (non-hydrogen) atoms. The molecule has 1 aromatic heterocycles. The van der Waals surface area contributed by atoms with E-state index >= 15 is 0 Å². The standard InChI is InChI=1S/C13H19BrN2O2/c1-2-3-6-17-7-8-18-12-9-11(14)15-13(16-12)10-4-5-10/h9-10H,2-8H2,1H3. The van der Waals surface area contributed by atoms with Crippen LogP contribution in [-0.2, 0) is 4.74 Å². The van der Waals surface area contributed by atoms with E-state index < -0.39 is 0 Å². The first-order chi connectivity index (χ1) is 8.79. The van der Waals surface area contributed by atoms with Crippen molar-refractivity contribution in [3.05, 3.63) is 16.5 Å². The molecule has 1 aliphatic carbocycles. The minimum absolute atomic E-state index is 0.533. The number of hydrogen-bond donors (Lipinski definition) is 0. The van der Waals surface area contributed by atoms with Gasteiger partial charge in [-0.3, -0.25) is 0 Å². The highest BCUT2D eigenvalue weighted by molar-refractivity contribution is 9.10. The first kappa shape index (κ1) is 13.7. The molecular weight excluding hydrogens is 296 g/mol. The van der Waals surface area contributed by atoms with Crippen molar-refractivity contribution in [1.29, 1.82) is 0 Å². The second kappa shape index (κ2) is 7.04. The third-order valence-electron chi connectivity index (χ3n) is 2.75. The average Bonchev–Trinajstić information content (AvgIpc) is 3.17. The van der Waals surface area contributed by atoms with Gasteiger partial charge in [0, 0.05) is 18.6 Å². The molecule has 1 saturated carbocycles. The summed E-state index contributed by atoms with van der Waals surface area (Å²) in [7, 11) is 0. The zero-order valence-corrected chi connectivity index (χ0v) is 12.3. The van der Waals surface area contributed by atoms with Gasteiger partial charge in [-0.2, -0.15) is 4.98 Å².